The maximum atomic E-state index is 6.11. The molecule has 1 aliphatic heterocycles. The molecule has 0 aromatic heterocycles. The lowest BCUT2D eigenvalue weighted by Crippen LogP contribution is -2.31. The number of hydrogen-bond acceptors (Lipinski definition) is 1. The first-order valence-corrected chi connectivity index (χ1v) is 8.11. The molecule has 0 fully saturated rings. The van der Waals surface area contributed by atoms with E-state index in [0.29, 0.717) is 0 Å². The summed E-state index contributed by atoms with van der Waals surface area (Å²) in [5, 5.41) is 4.15. The quantitative estimate of drug-likeness (QED) is 0.716. The molecule has 2 aromatic rings. The lowest BCUT2D eigenvalue weighted by Gasteiger charge is -2.26. The Morgan fingerprint density at radius 3 is 2.43 bits per heavy atom. The molecule has 0 unspecified atom stereocenters. The summed E-state index contributed by atoms with van der Waals surface area (Å²) >= 11 is 11.7. The van der Waals surface area contributed by atoms with Crippen molar-refractivity contribution >= 4 is 34.5 Å². The molecule has 2 aromatic carbocycles. The summed E-state index contributed by atoms with van der Waals surface area (Å²) in [4.78, 5) is 0.950. The summed E-state index contributed by atoms with van der Waals surface area (Å²) < 4.78 is 0. The summed E-state index contributed by atoms with van der Waals surface area (Å²) in [6.07, 6.45) is 2.03. The topological polar surface area (TPSA) is 12.0 Å². The van der Waals surface area contributed by atoms with Crippen molar-refractivity contribution < 1.29 is 0 Å². The standard InChI is InChI=1S/C18H18ClNS/c1-3-18(4-2)15-11-13(8-9-16(15)20-17(18)21)12-6-5-7-14(19)10-12/h5-11H,3-4H2,1-2H3,(H,20,21). The average Bonchev–Trinajstić information content (AvgIpc) is 2.78. The number of anilines is 1. The molecule has 21 heavy (non-hydrogen) atoms. The Kier molecular flexibility index (Phi) is 3.76. The molecule has 0 saturated carbocycles. The zero-order chi connectivity index (χ0) is 15.0. The number of halogens is 1. The van der Waals surface area contributed by atoms with Crippen molar-refractivity contribution in [2.75, 3.05) is 5.32 Å². The normalized spacial score (nSPS) is 15.7. The van der Waals surface area contributed by atoms with Gasteiger partial charge in [0.05, 0.1) is 4.99 Å². The summed E-state index contributed by atoms with van der Waals surface area (Å²) in [5.74, 6) is 0. The zero-order valence-corrected chi connectivity index (χ0v) is 13.8. The average molecular weight is 316 g/mol. The van der Waals surface area contributed by atoms with E-state index in [4.69, 9.17) is 23.8 Å². The second kappa shape index (κ2) is 5.43. The van der Waals surface area contributed by atoms with Crippen LogP contribution < -0.4 is 5.32 Å². The molecule has 0 atom stereocenters. The fourth-order valence-electron chi connectivity index (χ4n) is 3.21. The van der Waals surface area contributed by atoms with Gasteiger partial charge < -0.3 is 5.32 Å². The maximum Gasteiger partial charge on any atom is 0.0905 e. The molecule has 1 N–H and O–H groups in total. The van der Waals surface area contributed by atoms with Gasteiger partial charge >= 0.3 is 0 Å². The van der Waals surface area contributed by atoms with E-state index in [1.807, 2.05) is 18.2 Å². The Hall–Kier alpha value is -1.38. The van der Waals surface area contributed by atoms with E-state index < -0.39 is 0 Å². The first-order valence-electron chi connectivity index (χ1n) is 7.32. The van der Waals surface area contributed by atoms with Crippen molar-refractivity contribution in [1.29, 1.82) is 0 Å². The minimum Gasteiger partial charge on any atom is -0.349 e. The van der Waals surface area contributed by atoms with Crippen molar-refractivity contribution in [3.63, 3.8) is 0 Å². The van der Waals surface area contributed by atoms with Crippen LogP contribution in [-0.4, -0.2) is 4.99 Å². The van der Waals surface area contributed by atoms with Gasteiger partial charge in [0.15, 0.2) is 0 Å². The van der Waals surface area contributed by atoms with Crippen molar-refractivity contribution in [3.05, 3.63) is 53.1 Å². The highest BCUT2D eigenvalue weighted by Crippen LogP contribution is 2.45. The van der Waals surface area contributed by atoms with Crippen LogP contribution in [0.1, 0.15) is 32.3 Å². The molecule has 1 aliphatic rings. The Bertz CT molecular complexity index is 704. The first kappa shape index (κ1) is 14.6. The molecule has 0 spiro atoms. The third-order valence-corrected chi connectivity index (χ3v) is 5.31. The molecule has 3 heteroatoms. The predicted molar refractivity (Wildman–Crippen MR) is 95.4 cm³/mol. The van der Waals surface area contributed by atoms with E-state index in [0.717, 1.165) is 34.1 Å². The highest BCUT2D eigenvalue weighted by Gasteiger charge is 2.40. The second-order valence-corrected chi connectivity index (χ2v) is 6.36. The summed E-state index contributed by atoms with van der Waals surface area (Å²) in [5.41, 5.74) is 4.77. The Labute approximate surface area is 136 Å². The lowest BCUT2D eigenvalue weighted by molar-refractivity contribution is 0.551. The SMILES string of the molecule is CCC1(CC)C(=S)Nc2ccc(-c3cccc(Cl)c3)cc21. The van der Waals surface area contributed by atoms with Crippen LogP contribution in [0.4, 0.5) is 5.69 Å². The van der Waals surface area contributed by atoms with E-state index in [1.54, 1.807) is 0 Å². The smallest absolute Gasteiger partial charge is 0.0905 e. The van der Waals surface area contributed by atoms with Gasteiger partial charge in [0, 0.05) is 16.1 Å². The van der Waals surface area contributed by atoms with Gasteiger partial charge in [-0.25, -0.2) is 0 Å². The van der Waals surface area contributed by atoms with Gasteiger partial charge in [-0.05, 0) is 53.8 Å². The number of thiocarbonyl (C=S) groups is 1. The molecule has 0 amide bonds. The van der Waals surface area contributed by atoms with Crippen LogP contribution in [0.2, 0.25) is 5.02 Å². The van der Waals surface area contributed by atoms with E-state index in [9.17, 15) is 0 Å². The third kappa shape index (κ3) is 2.27. The lowest BCUT2D eigenvalue weighted by atomic mass is 9.77. The van der Waals surface area contributed by atoms with Crippen molar-refractivity contribution in [2.24, 2.45) is 0 Å². The van der Waals surface area contributed by atoms with Gasteiger partial charge in [-0.2, -0.15) is 0 Å². The molecular weight excluding hydrogens is 298 g/mol. The minimum absolute atomic E-state index is 0.0285. The van der Waals surface area contributed by atoms with Crippen LogP contribution in [0.15, 0.2) is 42.5 Å². The van der Waals surface area contributed by atoms with Crippen molar-refractivity contribution in [1.82, 2.24) is 0 Å². The highest BCUT2D eigenvalue weighted by molar-refractivity contribution is 7.80. The van der Waals surface area contributed by atoms with E-state index >= 15 is 0 Å². The predicted octanol–water partition coefficient (Wildman–Crippen LogP) is 5.82. The summed E-state index contributed by atoms with van der Waals surface area (Å²) in [6, 6.07) is 14.5. The maximum absolute atomic E-state index is 6.11. The van der Waals surface area contributed by atoms with Gasteiger partial charge in [-0.1, -0.05) is 55.9 Å². The van der Waals surface area contributed by atoms with Crippen LogP contribution in [0.25, 0.3) is 11.1 Å². The Balaban J connectivity index is 2.14. The minimum atomic E-state index is -0.0285. The highest BCUT2D eigenvalue weighted by atomic mass is 35.5. The van der Waals surface area contributed by atoms with Crippen LogP contribution >= 0.6 is 23.8 Å². The number of nitrogens with one attached hydrogen (secondary N) is 1. The number of benzene rings is 2. The Morgan fingerprint density at radius 1 is 1.05 bits per heavy atom. The largest absolute Gasteiger partial charge is 0.349 e. The number of hydrogen-bond donors (Lipinski definition) is 1. The molecule has 1 nitrogen and oxygen atoms in total. The molecule has 3 rings (SSSR count). The molecule has 0 aliphatic carbocycles. The molecule has 0 radical (unpaired) electrons. The Morgan fingerprint density at radius 2 is 1.76 bits per heavy atom. The third-order valence-electron chi connectivity index (χ3n) is 4.58. The van der Waals surface area contributed by atoms with Crippen LogP contribution in [0.5, 0.6) is 0 Å². The van der Waals surface area contributed by atoms with Crippen LogP contribution in [0, 0.1) is 0 Å². The van der Waals surface area contributed by atoms with Crippen LogP contribution in [0.3, 0.4) is 0 Å². The van der Waals surface area contributed by atoms with Gasteiger partial charge in [0.1, 0.15) is 0 Å². The van der Waals surface area contributed by atoms with Gasteiger partial charge in [-0.15, -0.1) is 0 Å². The molecule has 0 saturated heterocycles. The second-order valence-electron chi connectivity index (χ2n) is 5.51. The summed E-state index contributed by atoms with van der Waals surface area (Å²) in [6.45, 7) is 4.41. The number of rotatable bonds is 3. The van der Waals surface area contributed by atoms with Gasteiger partial charge in [0.2, 0.25) is 0 Å². The van der Waals surface area contributed by atoms with Crippen molar-refractivity contribution in [2.45, 2.75) is 32.1 Å². The fourth-order valence-corrected chi connectivity index (χ4v) is 3.91. The monoisotopic (exact) mass is 315 g/mol. The summed E-state index contributed by atoms with van der Waals surface area (Å²) in [7, 11) is 0. The molecule has 0 bridgehead atoms. The van der Waals surface area contributed by atoms with Gasteiger partial charge in [0.25, 0.3) is 0 Å². The fraction of sp³-hybridized carbons (Fsp3) is 0.278. The van der Waals surface area contributed by atoms with Crippen molar-refractivity contribution in [3.8, 4) is 11.1 Å². The first-order chi connectivity index (χ1) is 10.1. The van der Waals surface area contributed by atoms with E-state index in [1.165, 1.54) is 11.1 Å². The molecule has 1 heterocycles. The van der Waals surface area contributed by atoms with E-state index in [-0.39, 0.29) is 5.41 Å². The number of fused-ring (bicyclic) bond motifs is 1. The zero-order valence-electron chi connectivity index (χ0n) is 12.2. The molecule has 108 valence electrons. The van der Waals surface area contributed by atoms with E-state index in [2.05, 4.69) is 43.4 Å². The van der Waals surface area contributed by atoms with Crippen LogP contribution in [-0.2, 0) is 5.41 Å². The molecular formula is C18H18ClNS. The van der Waals surface area contributed by atoms with Gasteiger partial charge in [-0.3, -0.25) is 0 Å².